The minimum Gasteiger partial charge on any atom is -0.497 e. The Labute approximate surface area is 146 Å². The maximum Gasteiger partial charge on any atom is 0.173 e. The fourth-order valence-electron chi connectivity index (χ4n) is 2.73. The van der Waals surface area contributed by atoms with Crippen LogP contribution in [0.2, 0.25) is 0 Å². The number of piperazine rings is 1. The van der Waals surface area contributed by atoms with Crippen LogP contribution < -0.4 is 15.0 Å². The highest BCUT2D eigenvalue weighted by Crippen LogP contribution is 2.22. The molecule has 1 heterocycles. The molecule has 0 unspecified atom stereocenters. The second-order valence-corrected chi connectivity index (χ2v) is 5.97. The number of methoxy groups -OCH3 is 1. The van der Waals surface area contributed by atoms with Gasteiger partial charge in [0.1, 0.15) is 11.6 Å². The van der Waals surface area contributed by atoms with Gasteiger partial charge in [-0.3, -0.25) is 0 Å². The third-order valence-corrected chi connectivity index (χ3v) is 4.46. The number of nitrogens with zero attached hydrogens (tertiary/aromatic N) is 2. The third-order valence-electron chi connectivity index (χ3n) is 4.10. The number of hydrogen-bond donors (Lipinski definition) is 1. The van der Waals surface area contributed by atoms with Crippen molar-refractivity contribution in [3.63, 3.8) is 0 Å². The number of thiocarbonyl (C=S) groups is 1. The average Bonchev–Trinajstić information content (AvgIpc) is 2.64. The van der Waals surface area contributed by atoms with Crippen LogP contribution in [-0.4, -0.2) is 43.3 Å². The van der Waals surface area contributed by atoms with Crippen molar-refractivity contribution in [2.75, 3.05) is 43.5 Å². The minimum atomic E-state index is -0.296. The first-order chi connectivity index (χ1) is 11.7. The number of rotatable bonds is 3. The summed E-state index contributed by atoms with van der Waals surface area (Å²) in [7, 11) is 1.67. The van der Waals surface area contributed by atoms with Gasteiger partial charge in [-0.1, -0.05) is 18.2 Å². The molecule has 0 bridgehead atoms. The number of anilines is 2. The van der Waals surface area contributed by atoms with Crippen LogP contribution in [0, 0.1) is 5.82 Å². The summed E-state index contributed by atoms with van der Waals surface area (Å²) in [6, 6.07) is 14.6. The Hall–Kier alpha value is -2.34. The molecule has 3 rings (SSSR count). The van der Waals surface area contributed by atoms with Gasteiger partial charge in [-0.05, 0) is 36.5 Å². The van der Waals surface area contributed by atoms with Crippen molar-refractivity contribution in [3.8, 4) is 5.75 Å². The highest BCUT2D eigenvalue weighted by Gasteiger charge is 2.20. The van der Waals surface area contributed by atoms with Gasteiger partial charge in [0.15, 0.2) is 5.11 Å². The highest BCUT2D eigenvalue weighted by atomic mass is 32.1. The van der Waals surface area contributed by atoms with Crippen molar-refractivity contribution in [1.82, 2.24) is 4.90 Å². The van der Waals surface area contributed by atoms with Crippen molar-refractivity contribution < 1.29 is 9.13 Å². The van der Waals surface area contributed by atoms with E-state index >= 15 is 0 Å². The number of para-hydroxylation sites is 1. The molecule has 4 nitrogen and oxygen atoms in total. The maximum atomic E-state index is 13.7. The lowest BCUT2D eigenvalue weighted by Gasteiger charge is -2.37. The molecule has 0 radical (unpaired) electrons. The van der Waals surface area contributed by atoms with Crippen molar-refractivity contribution in [3.05, 3.63) is 54.3 Å². The molecular weight excluding hydrogens is 325 g/mol. The smallest absolute Gasteiger partial charge is 0.173 e. The summed E-state index contributed by atoms with van der Waals surface area (Å²) in [5, 5.41) is 3.56. The summed E-state index contributed by atoms with van der Waals surface area (Å²) < 4.78 is 19.0. The molecule has 1 aliphatic rings. The molecule has 1 N–H and O–H groups in total. The molecule has 126 valence electrons. The van der Waals surface area contributed by atoms with Gasteiger partial charge in [0.2, 0.25) is 0 Å². The summed E-state index contributed by atoms with van der Waals surface area (Å²) in [5.74, 6) is 0.557. The first-order valence-electron chi connectivity index (χ1n) is 7.87. The van der Waals surface area contributed by atoms with Gasteiger partial charge >= 0.3 is 0 Å². The molecule has 0 amide bonds. The van der Waals surface area contributed by atoms with Crippen LogP contribution in [0.15, 0.2) is 48.5 Å². The molecule has 2 aromatic carbocycles. The van der Waals surface area contributed by atoms with Crippen LogP contribution in [0.5, 0.6) is 5.75 Å². The van der Waals surface area contributed by atoms with Crippen molar-refractivity contribution in [2.45, 2.75) is 0 Å². The van der Waals surface area contributed by atoms with Gasteiger partial charge in [0.05, 0.1) is 12.8 Å². The van der Waals surface area contributed by atoms with Crippen LogP contribution in [0.1, 0.15) is 0 Å². The zero-order chi connectivity index (χ0) is 16.9. The summed E-state index contributed by atoms with van der Waals surface area (Å²) in [4.78, 5) is 4.36. The molecule has 0 atom stereocenters. The summed E-state index contributed by atoms with van der Waals surface area (Å²) >= 11 is 5.42. The molecule has 1 saturated heterocycles. The Morgan fingerprint density at radius 1 is 1.08 bits per heavy atom. The fourth-order valence-corrected chi connectivity index (χ4v) is 3.02. The van der Waals surface area contributed by atoms with Crippen molar-refractivity contribution in [2.24, 2.45) is 0 Å². The van der Waals surface area contributed by atoms with E-state index in [4.69, 9.17) is 17.0 Å². The number of nitrogens with one attached hydrogen (secondary N) is 1. The zero-order valence-electron chi connectivity index (χ0n) is 13.5. The third kappa shape index (κ3) is 3.76. The molecule has 1 fully saturated rings. The predicted molar refractivity (Wildman–Crippen MR) is 99.4 cm³/mol. The molecular formula is C18H20FN3OS. The molecule has 6 heteroatoms. The lowest BCUT2D eigenvalue weighted by Crippen LogP contribution is -2.50. The van der Waals surface area contributed by atoms with E-state index in [1.165, 1.54) is 6.07 Å². The summed E-state index contributed by atoms with van der Waals surface area (Å²) in [6.45, 7) is 3.29. The Balaban J connectivity index is 1.58. The largest absolute Gasteiger partial charge is 0.497 e. The lowest BCUT2D eigenvalue weighted by atomic mass is 10.2. The number of benzene rings is 2. The second kappa shape index (κ2) is 7.49. The fraction of sp³-hybridized carbons (Fsp3) is 0.278. The van der Waals surface area contributed by atoms with E-state index in [0.29, 0.717) is 10.8 Å². The lowest BCUT2D eigenvalue weighted by molar-refractivity contribution is 0.389. The van der Waals surface area contributed by atoms with Crippen LogP contribution >= 0.6 is 12.2 Å². The van der Waals surface area contributed by atoms with Gasteiger partial charge in [0, 0.05) is 37.9 Å². The Morgan fingerprint density at radius 2 is 1.83 bits per heavy atom. The Kier molecular flexibility index (Phi) is 5.15. The molecule has 0 aromatic heterocycles. The first-order valence-corrected chi connectivity index (χ1v) is 8.27. The highest BCUT2D eigenvalue weighted by molar-refractivity contribution is 7.80. The van der Waals surface area contributed by atoms with E-state index in [1.807, 2.05) is 18.2 Å². The van der Waals surface area contributed by atoms with Crippen LogP contribution in [0.25, 0.3) is 0 Å². The molecule has 24 heavy (non-hydrogen) atoms. The van der Waals surface area contributed by atoms with E-state index in [0.717, 1.165) is 37.6 Å². The molecule has 0 aliphatic carbocycles. The topological polar surface area (TPSA) is 27.7 Å². The monoisotopic (exact) mass is 345 g/mol. The van der Waals surface area contributed by atoms with Crippen LogP contribution in [-0.2, 0) is 0 Å². The van der Waals surface area contributed by atoms with Gasteiger partial charge in [-0.15, -0.1) is 0 Å². The standard InChI is InChI=1S/C18H20FN3OS/c1-23-15-6-4-5-14(13-15)21-9-11-22(12-10-21)18(24)20-17-8-3-2-7-16(17)19/h2-8,13H,9-12H2,1H3,(H,20,24). The van der Waals surface area contributed by atoms with Gasteiger partial charge in [-0.2, -0.15) is 0 Å². The average molecular weight is 345 g/mol. The quantitative estimate of drug-likeness (QED) is 0.861. The summed E-state index contributed by atoms with van der Waals surface area (Å²) in [6.07, 6.45) is 0. The minimum absolute atomic E-state index is 0.296. The van der Waals surface area contributed by atoms with Gasteiger partial charge in [-0.25, -0.2) is 4.39 Å². The van der Waals surface area contributed by atoms with E-state index in [9.17, 15) is 4.39 Å². The van der Waals surface area contributed by atoms with E-state index in [2.05, 4.69) is 21.2 Å². The number of halogens is 1. The Morgan fingerprint density at radius 3 is 2.54 bits per heavy atom. The van der Waals surface area contributed by atoms with Gasteiger partial charge in [0.25, 0.3) is 0 Å². The molecule has 0 saturated carbocycles. The van der Waals surface area contributed by atoms with E-state index < -0.39 is 0 Å². The van der Waals surface area contributed by atoms with Crippen LogP contribution in [0.3, 0.4) is 0 Å². The maximum absolute atomic E-state index is 13.7. The van der Waals surface area contributed by atoms with Crippen LogP contribution in [0.4, 0.5) is 15.8 Å². The van der Waals surface area contributed by atoms with Crippen molar-refractivity contribution in [1.29, 1.82) is 0 Å². The zero-order valence-corrected chi connectivity index (χ0v) is 14.4. The first kappa shape index (κ1) is 16.5. The molecule has 2 aromatic rings. The number of hydrogen-bond acceptors (Lipinski definition) is 3. The summed E-state index contributed by atoms with van der Waals surface area (Å²) in [5.41, 5.74) is 1.56. The Bertz CT molecular complexity index is 717. The molecule has 1 aliphatic heterocycles. The van der Waals surface area contributed by atoms with Gasteiger partial charge < -0.3 is 19.9 Å². The van der Waals surface area contributed by atoms with E-state index in [1.54, 1.807) is 25.3 Å². The normalized spacial score (nSPS) is 14.4. The van der Waals surface area contributed by atoms with Crippen molar-refractivity contribution >= 4 is 28.7 Å². The molecule has 0 spiro atoms. The second-order valence-electron chi connectivity index (χ2n) is 5.59. The predicted octanol–water partition coefficient (Wildman–Crippen LogP) is 3.35. The SMILES string of the molecule is COc1cccc(N2CCN(C(=S)Nc3ccccc3F)CC2)c1. The number of ether oxygens (including phenoxy) is 1. The van der Waals surface area contributed by atoms with E-state index in [-0.39, 0.29) is 5.82 Å².